The van der Waals surface area contributed by atoms with Crippen LogP contribution in [0.4, 0.5) is 11.4 Å². The maximum absolute atomic E-state index is 5.94. The fourth-order valence-corrected chi connectivity index (χ4v) is 1.77. The molecule has 0 spiro atoms. The van der Waals surface area contributed by atoms with Crippen LogP contribution in [-0.4, -0.2) is 12.7 Å². The lowest BCUT2D eigenvalue weighted by molar-refractivity contribution is 0.727. The minimum atomic E-state index is 0.507. The number of fused-ring (bicyclic) bond motifs is 1. The molecule has 0 radical (unpaired) electrons. The molecule has 1 aliphatic rings. The molecule has 0 fully saturated rings. The standard InChI is InChI=1S/C10H13ClN2/c1-7(2)13-6-12-9-4-3-8(11)5-10(9)13/h3-5,7,12H,6H2,1-2H3. The molecule has 0 unspecified atom stereocenters. The molecule has 70 valence electrons. The van der Waals surface area contributed by atoms with Crippen LogP contribution in [0.5, 0.6) is 0 Å². The van der Waals surface area contributed by atoms with Crippen molar-refractivity contribution in [3.8, 4) is 0 Å². The third-order valence-electron chi connectivity index (χ3n) is 2.33. The first-order chi connectivity index (χ1) is 6.18. The van der Waals surface area contributed by atoms with Crippen molar-refractivity contribution in [1.82, 2.24) is 0 Å². The Kier molecular flexibility index (Phi) is 2.08. The lowest BCUT2D eigenvalue weighted by atomic mass is 10.2. The topological polar surface area (TPSA) is 15.3 Å². The smallest absolute Gasteiger partial charge is 0.0880 e. The normalized spacial score (nSPS) is 14.6. The van der Waals surface area contributed by atoms with Crippen molar-refractivity contribution in [2.75, 3.05) is 16.9 Å². The van der Waals surface area contributed by atoms with Crippen molar-refractivity contribution in [2.45, 2.75) is 19.9 Å². The second kappa shape index (κ2) is 3.11. The average Bonchev–Trinajstić information content (AvgIpc) is 2.46. The Morgan fingerprint density at radius 1 is 1.46 bits per heavy atom. The van der Waals surface area contributed by atoms with Crippen molar-refractivity contribution >= 4 is 23.0 Å². The molecule has 0 amide bonds. The predicted molar refractivity (Wildman–Crippen MR) is 57.6 cm³/mol. The van der Waals surface area contributed by atoms with Gasteiger partial charge in [-0.2, -0.15) is 0 Å². The van der Waals surface area contributed by atoms with Crippen molar-refractivity contribution < 1.29 is 0 Å². The molecule has 3 heteroatoms. The van der Waals surface area contributed by atoms with Crippen LogP contribution in [0.15, 0.2) is 18.2 Å². The molecule has 0 aliphatic carbocycles. The van der Waals surface area contributed by atoms with Gasteiger partial charge in [0.25, 0.3) is 0 Å². The Labute approximate surface area is 83.5 Å². The molecule has 2 rings (SSSR count). The van der Waals surface area contributed by atoms with E-state index in [-0.39, 0.29) is 0 Å². The number of halogens is 1. The largest absolute Gasteiger partial charge is 0.366 e. The predicted octanol–water partition coefficient (Wildman–Crippen LogP) is 2.94. The molecule has 2 nitrogen and oxygen atoms in total. The Morgan fingerprint density at radius 3 is 2.92 bits per heavy atom. The third kappa shape index (κ3) is 1.46. The van der Waals surface area contributed by atoms with Crippen LogP contribution in [0.1, 0.15) is 13.8 Å². The summed E-state index contributed by atoms with van der Waals surface area (Å²) in [6.45, 7) is 5.24. The first-order valence-electron chi connectivity index (χ1n) is 4.48. The number of nitrogens with one attached hydrogen (secondary N) is 1. The molecule has 13 heavy (non-hydrogen) atoms. The molecule has 0 atom stereocenters. The highest BCUT2D eigenvalue weighted by Gasteiger charge is 2.20. The highest BCUT2D eigenvalue weighted by molar-refractivity contribution is 6.31. The summed E-state index contributed by atoms with van der Waals surface area (Å²) in [7, 11) is 0. The summed E-state index contributed by atoms with van der Waals surface area (Å²) in [5, 5.41) is 4.13. The minimum Gasteiger partial charge on any atom is -0.366 e. The molecule has 0 saturated heterocycles. The van der Waals surface area contributed by atoms with Crippen molar-refractivity contribution in [2.24, 2.45) is 0 Å². The van der Waals surface area contributed by atoms with Crippen LogP contribution >= 0.6 is 11.6 Å². The summed E-state index contributed by atoms with van der Waals surface area (Å²) in [5.74, 6) is 0. The first-order valence-corrected chi connectivity index (χ1v) is 4.86. The quantitative estimate of drug-likeness (QED) is 0.743. The molecule has 1 heterocycles. The fraction of sp³-hybridized carbons (Fsp3) is 0.400. The van der Waals surface area contributed by atoms with E-state index in [0.717, 1.165) is 11.7 Å². The van der Waals surface area contributed by atoms with Gasteiger partial charge in [-0.15, -0.1) is 0 Å². The van der Waals surface area contributed by atoms with Crippen molar-refractivity contribution in [1.29, 1.82) is 0 Å². The third-order valence-corrected chi connectivity index (χ3v) is 2.57. The van der Waals surface area contributed by atoms with Gasteiger partial charge >= 0.3 is 0 Å². The van der Waals surface area contributed by atoms with E-state index in [9.17, 15) is 0 Å². The zero-order chi connectivity index (χ0) is 9.42. The average molecular weight is 197 g/mol. The number of hydrogen-bond donors (Lipinski definition) is 1. The fourth-order valence-electron chi connectivity index (χ4n) is 1.61. The van der Waals surface area contributed by atoms with Gasteiger partial charge in [0.2, 0.25) is 0 Å². The summed E-state index contributed by atoms with van der Waals surface area (Å²) < 4.78 is 0. The Hall–Kier alpha value is -0.890. The Morgan fingerprint density at radius 2 is 2.23 bits per heavy atom. The van der Waals surface area contributed by atoms with Crippen LogP contribution in [-0.2, 0) is 0 Å². The highest BCUT2D eigenvalue weighted by Crippen LogP contribution is 2.34. The summed E-state index contributed by atoms with van der Waals surface area (Å²) in [6, 6.07) is 6.46. The highest BCUT2D eigenvalue weighted by atomic mass is 35.5. The molecule has 1 aromatic rings. The van der Waals surface area contributed by atoms with E-state index in [2.05, 4.69) is 24.1 Å². The molecule has 0 aromatic heterocycles. The second-order valence-electron chi connectivity index (χ2n) is 3.56. The summed E-state index contributed by atoms with van der Waals surface area (Å²) >= 11 is 5.94. The first kappa shape index (κ1) is 8.70. The monoisotopic (exact) mass is 196 g/mol. The molecule has 1 aliphatic heterocycles. The zero-order valence-corrected chi connectivity index (χ0v) is 8.60. The Bertz CT molecular complexity index is 323. The van der Waals surface area contributed by atoms with Gasteiger partial charge in [-0.05, 0) is 32.0 Å². The van der Waals surface area contributed by atoms with Gasteiger partial charge in [-0.3, -0.25) is 0 Å². The lowest BCUT2D eigenvalue weighted by Crippen LogP contribution is -2.30. The number of anilines is 2. The van der Waals surface area contributed by atoms with Crippen molar-refractivity contribution in [3.05, 3.63) is 23.2 Å². The maximum Gasteiger partial charge on any atom is 0.0880 e. The van der Waals surface area contributed by atoms with Crippen LogP contribution < -0.4 is 10.2 Å². The van der Waals surface area contributed by atoms with E-state index in [4.69, 9.17) is 11.6 Å². The Balaban J connectivity index is 2.40. The van der Waals surface area contributed by atoms with E-state index < -0.39 is 0 Å². The second-order valence-corrected chi connectivity index (χ2v) is 4.00. The number of rotatable bonds is 1. The molecule has 0 saturated carbocycles. The van der Waals surface area contributed by atoms with Gasteiger partial charge in [-0.1, -0.05) is 11.6 Å². The van der Waals surface area contributed by atoms with E-state index >= 15 is 0 Å². The zero-order valence-electron chi connectivity index (χ0n) is 7.84. The molecule has 1 aromatic carbocycles. The SMILES string of the molecule is CC(C)N1CNc2ccc(Cl)cc21. The van der Waals surface area contributed by atoms with Crippen LogP contribution in [0.2, 0.25) is 5.02 Å². The van der Waals surface area contributed by atoms with Gasteiger partial charge in [0, 0.05) is 11.1 Å². The van der Waals surface area contributed by atoms with E-state index in [0.29, 0.717) is 6.04 Å². The minimum absolute atomic E-state index is 0.507. The van der Waals surface area contributed by atoms with Gasteiger partial charge in [0.15, 0.2) is 0 Å². The van der Waals surface area contributed by atoms with Gasteiger partial charge < -0.3 is 10.2 Å². The van der Waals surface area contributed by atoms with Crippen molar-refractivity contribution in [3.63, 3.8) is 0 Å². The number of benzene rings is 1. The maximum atomic E-state index is 5.94. The number of nitrogens with zero attached hydrogens (tertiary/aromatic N) is 1. The van der Waals surface area contributed by atoms with E-state index in [1.165, 1.54) is 11.4 Å². The molecular weight excluding hydrogens is 184 g/mol. The summed E-state index contributed by atoms with van der Waals surface area (Å²) in [6.07, 6.45) is 0. The van der Waals surface area contributed by atoms with E-state index in [1.807, 2.05) is 18.2 Å². The van der Waals surface area contributed by atoms with Crippen LogP contribution in [0.25, 0.3) is 0 Å². The number of hydrogen-bond acceptors (Lipinski definition) is 2. The van der Waals surface area contributed by atoms with Crippen LogP contribution in [0.3, 0.4) is 0 Å². The van der Waals surface area contributed by atoms with Gasteiger partial charge in [0.05, 0.1) is 18.0 Å². The molecule has 1 N–H and O–H groups in total. The lowest BCUT2D eigenvalue weighted by Gasteiger charge is -2.22. The van der Waals surface area contributed by atoms with Gasteiger partial charge in [0.1, 0.15) is 0 Å². The summed E-state index contributed by atoms with van der Waals surface area (Å²) in [5.41, 5.74) is 2.39. The van der Waals surface area contributed by atoms with Gasteiger partial charge in [-0.25, -0.2) is 0 Å². The summed E-state index contributed by atoms with van der Waals surface area (Å²) in [4.78, 5) is 2.29. The van der Waals surface area contributed by atoms with E-state index in [1.54, 1.807) is 0 Å². The van der Waals surface area contributed by atoms with Crippen LogP contribution in [0, 0.1) is 0 Å². The molecule has 0 bridgehead atoms. The molecular formula is C10H13ClN2.